The summed E-state index contributed by atoms with van der Waals surface area (Å²) in [5, 5.41) is 4.20. The predicted octanol–water partition coefficient (Wildman–Crippen LogP) is 3.41. The van der Waals surface area contributed by atoms with Crippen LogP contribution in [-0.4, -0.2) is 24.1 Å². The van der Waals surface area contributed by atoms with Gasteiger partial charge in [0, 0.05) is 17.8 Å². The van der Waals surface area contributed by atoms with Crippen LogP contribution in [0, 0.1) is 5.82 Å². The number of thioether (sulfide) groups is 1. The summed E-state index contributed by atoms with van der Waals surface area (Å²) in [6, 6.07) is 7.74. The summed E-state index contributed by atoms with van der Waals surface area (Å²) >= 11 is 1.88. The lowest BCUT2D eigenvalue weighted by Crippen LogP contribution is -2.42. The first-order valence-corrected chi connectivity index (χ1v) is 7.50. The fourth-order valence-electron chi connectivity index (χ4n) is 2.26. The van der Waals surface area contributed by atoms with E-state index in [1.54, 1.807) is 12.1 Å². The second kappa shape index (κ2) is 5.87. The van der Waals surface area contributed by atoms with Crippen molar-refractivity contribution in [3.05, 3.63) is 35.6 Å². The summed E-state index contributed by atoms with van der Waals surface area (Å²) in [6.45, 7) is 3.28. The zero-order valence-corrected chi connectivity index (χ0v) is 11.3. The van der Waals surface area contributed by atoms with Gasteiger partial charge in [0.05, 0.1) is 0 Å². The summed E-state index contributed by atoms with van der Waals surface area (Å²) in [7, 11) is 0. The van der Waals surface area contributed by atoms with E-state index < -0.39 is 0 Å². The Bertz CT molecular complexity index is 363. The topological polar surface area (TPSA) is 12.0 Å². The van der Waals surface area contributed by atoms with E-state index in [0.717, 1.165) is 24.9 Å². The molecular formula is C14H20FNS. The van der Waals surface area contributed by atoms with E-state index in [-0.39, 0.29) is 5.82 Å². The molecule has 0 saturated heterocycles. The van der Waals surface area contributed by atoms with Crippen LogP contribution < -0.4 is 5.32 Å². The van der Waals surface area contributed by atoms with Gasteiger partial charge in [-0.15, -0.1) is 0 Å². The van der Waals surface area contributed by atoms with Gasteiger partial charge in [0.25, 0.3) is 0 Å². The summed E-state index contributed by atoms with van der Waals surface area (Å²) in [5.74, 6) is 0.367. The van der Waals surface area contributed by atoms with Crippen LogP contribution in [-0.2, 0) is 0 Å². The number of rotatable bonds is 5. The van der Waals surface area contributed by atoms with Gasteiger partial charge in [0.15, 0.2) is 0 Å². The standard InChI is InChI=1S/C14H20FNS/c1-10(17-2)9-16-12-7-11(8-12)13-5-3-4-6-14(13)15/h3-6,10-12,16H,7-9H2,1-2H3. The second-order valence-corrected chi connectivity index (χ2v) is 6.12. The van der Waals surface area contributed by atoms with Gasteiger partial charge in [-0.05, 0) is 36.6 Å². The van der Waals surface area contributed by atoms with Crippen LogP contribution in [0.1, 0.15) is 31.2 Å². The van der Waals surface area contributed by atoms with E-state index in [4.69, 9.17) is 0 Å². The molecule has 1 aliphatic rings. The first-order valence-electron chi connectivity index (χ1n) is 6.21. The smallest absolute Gasteiger partial charge is 0.126 e. The molecule has 1 aliphatic carbocycles. The molecule has 1 aromatic carbocycles. The SMILES string of the molecule is CSC(C)CNC1CC(c2ccccc2F)C1. The minimum Gasteiger partial charge on any atom is -0.313 e. The quantitative estimate of drug-likeness (QED) is 0.863. The summed E-state index contributed by atoms with van der Waals surface area (Å²) in [6.07, 6.45) is 4.28. The molecule has 2 rings (SSSR count). The van der Waals surface area contributed by atoms with Gasteiger partial charge in [-0.3, -0.25) is 0 Å². The average Bonchev–Trinajstić information content (AvgIpc) is 2.28. The highest BCUT2D eigenvalue weighted by Gasteiger charge is 2.31. The molecule has 0 heterocycles. The van der Waals surface area contributed by atoms with Crippen LogP contribution in [0.5, 0.6) is 0 Å². The summed E-state index contributed by atoms with van der Waals surface area (Å²) < 4.78 is 13.5. The van der Waals surface area contributed by atoms with Crippen LogP contribution in [0.15, 0.2) is 24.3 Å². The first-order chi connectivity index (χ1) is 8.20. The van der Waals surface area contributed by atoms with Gasteiger partial charge in [-0.2, -0.15) is 11.8 Å². The van der Waals surface area contributed by atoms with Crippen LogP contribution in [0.25, 0.3) is 0 Å². The third kappa shape index (κ3) is 3.23. The molecule has 3 heteroatoms. The van der Waals surface area contributed by atoms with Crippen molar-refractivity contribution in [1.29, 1.82) is 0 Å². The maximum Gasteiger partial charge on any atom is 0.126 e. The number of halogens is 1. The lowest BCUT2D eigenvalue weighted by molar-refractivity contribution is 0.287. The largest absolute Gasteiger partial charge is 0.313 e. The number of hydrogen-bond acceptors (Lipinski definition) is 2. The molecule has 1 saturated carbocycles. The van der Waals surface area contributed by atoms with E-state index >= 15 is 0 Å². The van der Waals surface area contributed by atoms with E-state index in [2.05, 4.69) is 18.5 Å². The van der Waals surface area contributed by atoms with Gasteiger partial charge in [0.1, 0.15) is 5.82 Å². The molecule has 1 unspecified atom stereocenters. The van der Waals surface area contributed by atoms with E-state index in [9.17, 15) is 4.39 Å². The normalized spacial score (nSPS) is 25.4. The Hall–Kier alpha value is -0.540. The lowest BCUT2D eigenvalue weighted by atomic mass is 9.75. The fraction of sp³-hybridized carbons (Fsp3) is 0.571. The molecule has 0 amide bonds. The van der Waals surface area contributed by atoms with Gasteiger partial charge in [-0.25, -0.2) is 4.39 Å². The molecule has 1 nitrogen and oxygen atoms in total. The van der Waals surface area contributed by atoms with Crippen LogP contribution in [0.4, 0.5) is 4.39 Å². The van der Waals surface area contributed by atoms with Gasteiger partial charge in [0.2, 0.25) is 0 Å². The monoisotopic (exact) mass is 253 g/mol. The molecule has 94 valence electrons. The highest BCUT2D eigenvalue weighted by atomic mass is 32.2. The Morgan fingerprint density at radius 1 is 1.41 bits per heavy atom. The maximum atomic E-state index is 13.5. The van der Waals surface area contributed by atoms with Crippen LogP contribution >= 0.6 is 11.8 Å². The molecule has 1 fully saturated rings. The van der Waals surface area contributed by atoms with Crippen molar-refractivity contribution in [1.82, 2.24) is 5.32 Å². The minimum atomic E-state index is -0.0477. The number of hydrogen-bond donors (Lipinski definition) is 1. The molecule has 1 N–H and O–H groups in total. The Labute approximate surface area is 107 Å². The predicted molar refractivity (Wildman–Crippen MR) is 73.1 cm³/mol. The van der Waals surface area contributed by atoms with Crippen molar-refractivity contribution in [3.63, 3.8) is 0 Å². The fourth-order valence-corrected chi connectivity index (χ4v) is 2.52. The van der Waals surface area contributed by atoms with Crippen molar-refractivity contribution in [2.45, 2.75) is 37.0 Å². The number of nitrogens with one attached hydrogen (secondary N) is 1. The Morgan fingerprint density at radius 2 is 2.12 bits per heavy atom. The summed E-state index contributed by atoms with van der Waals surface area (Å²) in [4.78, 5) is 0. The third-order valence-electron chi connectivity index (χ3n) is 3.58. The molecule has 0 bridgehead atoms. The highest BCUT2D eigenvalue weighted by Crippen LogP contribution is 2.37. The average molecular weight is 253 g/mol. The van der Waals surface area contributed by atoms with Gasteiger partial charge < -0.3 is 5.32 Å². The molecule has 0 aromatic heterocycles. The van der Waals surface area contributed by atoms with E-state index in [1.807, 2.05) is 23.9 Å². The molecule has 17 heavy (non-hydrogen) atoms. The Morgan fingerprint density at radius 3 is 2.76 bits per heavy atom. The van der Waals surface area contributed by atoms with Gasteiger partial charge in [-0.1, -0.05) is 25.1 Å². The minimum absolute atomic E-state index is 0.0477. The zero-order valence-electron chi connectivity index (χ0n) is 10.4. The summed E-state index contributed by atoms with van der Waals surface area (Å²) in [5.41, 5.74) is 0.892. The van der Waals surface area contributed by atoms with Crippen molar-refractivity contribution >= 4 is 11.8 Å². The maximum absolute atomic E-state index is 13.5. The molecule has 0 spiro atoms. The molecule has 1 aromatic rings. The first kappa shape index (κ1) is 12.9. The Balaban J connectivity index is 1.77. The Kier molecular flexibility index (Phi) is 4.46. The zero-order chi connectivity index (χ0) is 12.3. The third-order valence-corrected chi connectivity index (χ3v) is 4.55. The van der Waals surface area contributed by atoms with E-state index in [1.165, 1.54) is 0 Å². The molecule has 0 radical (unpaired) electrons. The van der Waals surface area contributed by atoms with Crippen LogP contribution in [0.2, 0.25) is 0 Å². The van der Waals surface area contributed by atoms with Crippen LogP contribution in [0.3, 0.4) is 0 Å². The lowest BCUT2D eigenvalue weighted by Gasteiger charge is -2.37. The van der Waals surface area contributed by atoms with Gasteiger partial charge >= 0.3 is 0 Å². The highest BCUT2D eigenvalue weighted by molar-refractivity contribution is 7.99. The molecular weight excluding hydrogens is 233 g/mol. The van der Waals surface area contributed by atoms with Crippen molar-refractivity contribution in [2.75, 3.05) is 12.8 Å². The van der Waals surface area contributed by atoms with Crippen molar-refractivity contribution in [2.24, 2.45) is 0 Å². The van der Waals surface area contributed by atoms with Crippen molar-refractivity contribution < 1.29 is 4.39 Å². The van der Waals surface area contributed by atoms with Crippen molar-refractivity contribution in [3.8, 4) is 0 Å². The van der Waals surface area contributed by atoms with E-state index in [0.29, 0.717) is 17.2 Å². The number of benzene rings is 1. The molecule has 1 atom stereocenters. The molecule has 0 aliphatic heterocycles. The second-order valence-electron chi connectivity index (χ2n) is 4.84.